The van der Waals surface area contributed by atoms with Gasteiger partial charge in [0, 0.05) is 17.1 Å². The van der Waals surface area contributed by atoms with Crippen LogP contribution in [-0.2, 0) is 6.54 Å². The number of hydrogen-bond acceptors (Lipinski definition) is 4. The van der Waals surface area contributed by atoms with Gasteiger partial charge in [-0.2, -0.15) is 5.10 Å². The molecular formula is C11H9BrN4S. The summed E-state index contributed by atoms with van der Waals surface area (Å²) < 4.78 is 2.89. The summed E-state index contributed by atoms with van der Waals surface area (Å²) in [6.07, 6.45) is 3.64. The zero-order valence-electron chi connectivity index (χ0n) is 8.80. The number of hydrogen-bond donors (Lipinski definition) is 1. The second-order valence-electron chi connectivity index (χ2n) is 3.51. The normalized spacial score (nSPS) is 10.9. The fourth-order valence-corrected chi connectivity index (χ4v) is 2.96. The highest BCUT2D eigenvalue weighted by atomic mass is 79.9. The minimum absolute atomic E-state index is 0.785. The predicted octanol–water partition coefficient (Wildman–Crippen LogP) is 3.17. The number of anilines is 1. The molecule has 0 aliphatic rings. The lowest BCUT2D eigenvalue weighted by Crippen LogP contribution is -2.01. The maximum absolute atomic E-state index is 4.44. The van der Waals surface area contributed by atoms with Crippen LogP contribution in [0.5, 0.6) is 0 Å². The molecule has 6 heteroatoms. The Balaban J connectivity index is 1.76. The smallest absolute Gasteiger partial charge is 0.157 e. The van der Waals surface area contributed by atoms with E-state index in [1.807, 2.05) is 18.3 Å². The van der Waals surface area contributed by atoms with Gasteiger partial charge in [-0.3, -0.25) is 0 Å². The van der Waals surface area contributed by atoms with Crippen molar-refractivity contribution in [1.82, 2.24) is 14.6 Å². The average molecular weight is 309 g/mol. The highest BCUT2D eigenvalue weighted by Gasteiger charge is 2.00. The molecule has 3 rings (SSSR count). The molecule has 0 atom stereocenters. The van der Waals surface area contributed by atoms with E-state index in [-0.39, 0.29) is 0 Å². The number of halogens is 1. The number of thiophene rings is 1. The van der Waals surface area contributed by atoms with Gasteiger partial charge < -0.3 is 5.32 Å². The molecule has 86 valence electrons. The van der Waals surface area contributed by atoms with E-state index in [0.717, 1.165) is 21.8 Å². The molecule has 0 radical (unpaired) electrons. The van der Waals surface area contributed by atoms with Crippen LogP contribution < -0.4 is 5.32 Å². The van der Waals surface area contributed by atoms with E-state index in [9.17, 15) is 0 Å². The SMILES string of the molecule is Brc1ccc(CNc2ccn3nccc3n2)s1. The Morgan fingerprint density at radius 3 is 3.06 bits per heavy atom. The summed E-state index contributed by atoms with van der Waals surface area (Å²) in [6.45, 7) is 0.785. The third kappa shape index (κ3) is 2.32. The first-order chi connectivity index (χ1) is 8.31. The van der Waals surface area contributed by atoms with Crippen molar-refractivity contribution in [1.29, 1.82) is 0 Å². The first-order valence-corrected chi connectivity index (χ1v) is 6.71. The average Bonchev–Trinajstić information content (AvgIpc) is 2.94. The predicted molar refractivity (Wildman–Crippen MR) is 72.3 cm³/mol. The highest BCUT2D eigenvalue weighted by molar-refractivity contribution is 9.11. The molecule has 3 aromatic heterocycles. The van der Waals surface area contributed by atoms with E-state index in [0.29, 0.717) is 0 Å². The van der Waals surface area contributed by atoms with E-state index < -0.39 is 0 Å². The van der Waals surface area contributed by atoms with E-state index >= 15 is 0 Å². The monoisotopic (exact) mass is 308 g/mol. The Bertz CT molecular complexity index is 646. The molecule has 3 heterocycles. The lowest BCUT2D eigenvalue weighted by Gasteiger charge is -2.03. The van der Waals surface area contributed by atoms with Crippen LogP contribution in [0.15, 0.2) is 40.4 Å². The molecule has 4 nitrogen and oxygen atoms in total. The van der Waals surface area contributed by atoms with Crippen LogP contribution in [-0.4, -0.2) is 14.6 Å². The van der Waals surface area contributed by atoms with Crippen molar-refractivity contribution >= 4 is 38.7 Å². The molecule has 0 fully saturated rings. The first-order valence-electron chi connectivity index (χ1n) is 5.10. The van der Waals surface area contributed by atoms with Gasteiger partial charge >= 0.3 is 0 Å². The van der Waals surface area contributed by atoms with Gasteiger partial charge in [0.1, 0.15) is 5.82 Å². The lowest BCUT2D eigenvalue weighted by molar-refractivity contribution is 0.937. The van der Waals surface area contributed by atoms with E-state index in [2.05, 4.69) is 43.5 Å². The summed E-state index contributed by atoms with van der Waals surface area (Å²) in [7, 11) is 0. The molecule has 0 aliphatic heterocycles. The zero-order valence-corrected chi connectivity index (χ0v) is 11.2. The van der Waals surface area contributed by atoms with Gasteiger partial charge in [-0.1, -0.05) is 0 Å². The zero-order chi connectivity index (χ0) is 11.7. The van der Waals surface area contributed by atoms with Crippen molar-refractivity contribution < 1.29 is 0 Å². The van der Waals surface area contributed by atoms with Gasteiger partial charge in [-0.25, -0.2) is 9.50 Å². The van der Waals surface area contributed by atoms with Crippen LogP contribution in [0.4, 0.5) is 5.82 Å². The van der Waals surface area contributed by atoms with Crippen LogP contribution in [0.2, 0.25) is 0 Å². The maximum atomic E-state index is 4.44. The molecule has 0 saturated carbocycles. The molecule has 0 bridgehead atoms. The van der Waals surface area contributed by atoms with Gasteiger partial charge in [-0.15, -0.1) is 11.3 Å². The van der Waals surface area contributed by atoms with Gasteiger partial charge in [0.25, 0.3) is 0 Å². The molecule has 0 aliphatic carbocycles. The highest BCUT2D eigenvalue weighted by Crippen LogP contribution is 2.22. The van der Waals surface area contributed by atoms with Gasteiger partial charge in [-0.05, 0) is 34.1 Å². The largest absolute Gasteiger partial charge is 0.365 e. The second-order valence-corrected chi connectivity index (χ2v) is 6.05. The van der Waals surface area contributed by atoms with Crippen LogP contribution in [0, 0.1) is 0 Å². The van der Waals surface area contributed by atoms with Crippen molar-refractivity contribution in [3.63, 3.8) is 0 Å². The second kappa shape index (κ2) is 4.46. The number of nitrogens with one attached hydrogen (secondary N) is 1. The van der Waals surface area contributed by atoms with Crippen LogP contribution in [0.25, 0.3) is 5.65 Å². The number of aromatic nitrogens is 3. The van der Waals surface area contributed by atoms with Crippen molar-refractivity contribution in [3.05, 3.63) is 45.3 Å². The molecule has 1 N–H and O–H groups in total. The van der Waals surface area contributed by atoms with Gasteiger partial charge in [0.15, 0.2) is 5.65 Å². The fraction of sp³-hybridized carbons (Fsp3) is 0.0909. The molecule has 0 aromatic carbocycles. The van der Waals surface area contributed by atoms with Gasteiger partial charge in [0.05, 0.1) is 16.5 Å². The minimum atomic E-state index is 0.785. The number of nitrogens with zero attached hydrogens (tertiary/aromatic N) is 3. The van der Waals surface area contributed by atoms with E-state index in [1.165, 1.54) is 4.88 Å². The summed E-state index contributed by atoms with van der Waals surface area (Å²) in [6, 6.07) is 7.95. The number of fused-ring (bicyclic) bond motifs is 1. The summed E-state index contributed by atoms with van der Waals surface area (Å²) in [5.41, 5.74) is 0.849. The summed E-state index contributed by atoms with van der Waals surface area (Å²) in [4.78, 5) is 5.71. The third-order valence-electron chi connectivity index (χ3n) is 2.33. The Labute approximate surface area is 110 Å². The van der Waals surface area contributed by atoms with Gasteiger partial charge in [0.2, 0.25) is 0 Å². The molecule has 0 saturated heterocycles. The molecule has 0 unspecified atom stereocenters. The molecule has 0 spiro atoms. The lowest BCUT2D eigenvalue weighted by atomic mass is 10.4. The Kier molecular flexibility index (Phi) is 2.82. The summed E-state index contributed by atoms with van der Waals surface area (Å²) in [5, 5.41) is 7.40. The Morgan fingerprint density at radius 2 is 2.24 bits per heavy atom. The topological polar surface area (TPSA) is 42.2 Å². The Morgan fingerprint density at radius 1 is 1.29 bits per heavy atom. The van der Waals surface area contributed by atoms with Crippen LogP contribution in [0.1, 0.15) is 4.88 Å². The fourth-order valence-electron chi connectivity index (χ4n) is 1.54. The molecule has 0 amide bonds. The van der Waals surface area contributed by atoms with Crippen molar-refractivity contribution in [2.45, 2.75) is 6.54 Å². The molecular weight excluding hydrogens is 300 g/mol. The Hall–Kier alpha value is -1.40. The van der Waals surface area contributed by atoms with E-state index in [4.69, 9.17) is 0 Å². The quantitative estimate of drug-likeness (QED) is 0.808. The van der Waals surface area contributed by atoms with Crippen LogP contribution in [0.3, 0.4) is 0 Å². The summed E-state index contributed by atoms with van der Waals surface area (Å²) in [5.74, 6) is 0.863. The molecule has 3 aromatic rings. The van der Waals surface area contributed by atoms with Crippen molar-refractivity contribution in [2.75, 3.05) is 5.32 Å². The van der Waals surface area contributed by atoms with Crippen LogP contribution >= 0.6 is 27.3 Å². The third-order valence-corrected chi connectivity index (χ3v) is 3.95. The molecule has 17 heavy (non-hydrogen) atoms. The summed E-state index contributed by atoms with van der Waals surface area (Å²) >= 11 is 5.17. The first kappa shape index (κ1) is 10.7. The van der Waals surface area contributed by atoms with Crippen molar-refractivity contribution in [3.8, 4) is 0 Å². The number of rotatable bonds is 3. The van der Waals surface area contributed by atoms with Crippen molar-refractivity contribution in [2.24, 2.45) is 0 Å². The standard InChI is InChI=1S/C11H9BrN4S/c12-9-2-1-8(17-9)7-13-10-4-6-16-11(15-10)3-5-14-16/h1-6H,7H2,(H,13,15). The van der Waals surface area contributed by atoms with E-state index in [1.54, 1.807) is 22.0 Å². The maximum Gasteiger partial charge on any atom is 0.157 e. The minimum Gasteiger partial charge on any atom is -0.365 e.